The van der Waals surface area contributed by atoms with Crippen LogP contribution in [0.1, 0.15) is 37.7 Å². The van der Waals surface area contributed by atoms with Crippen molar-refractivity contribution >= 4 is 18.0 Å². The van der Waals surface area contributed by atoms with Crippen LogP contribution in [0.2, 0.25) is 0 Å². The molecule has 0 radical (unpaired) electrons. The highest BCUT2D eigenvalue weighted by atomic mass is 16.3. The minimum atomic E-state index is -0.684. The molecule has 4 heterocycles. The van der Waals surface area contributed by atoms with E-state index in [4.69, 9.17) is 5.26 Å². The molecule has 25 heavy (non-hydrogen) atoms. The number of nitrogens with zero attached hydrogens (tertiary/aromatic N) is 6. The van der Waals surface area contributed by atoms with Gasteiger partial charge in [-0.15, -0.1) is 0 Å². The number of fused-ring (bicyclic) bond motifs is 1. The monoisotopic (exact) mass is 341 g/mol. The van der Waals surface area contributed by atoms with Crippen LogP contribution >= 0.6 is 0 Å². The number of aliphatic hydroxyl groups excluding tert-OH is 1. The SMILES string of the molecule is N#CCC(O)N1CCCCC12CCN(c1ncnc3c1CN=CN3)C2. The zero-order valence-electron chi connectivity index (χ0n) is 14.2. The van der Waals surface area contributed by atoms with Crippen LogP contribution < -0.4 is 10.2 Å². The van der Waals surface area contributed by atoms with Gasteiger partial charge in [-0.05, 0) is 19.3 Å². The Kier molecular flexibility index (Phi) is 4.27. The average molecular weight is 341 g/mol. The zero-order chi connectivity index (χ0) is 17.3. The Hall–Kier alpha value is -2.24. The number of aliphatic hydroxyl groups is 1. The quantitative estimate of drug-likeness (QED) is 0.849. The Morgan fingerprint density at radius 1 is 1.32 bits per heavy atom. The van der Waals surface area contributed by atoms with Gasteiger partial charge in [-0.3, -0.25) is 9.89 Å². The lowest BCUT2D eigenvalue weighted by atomic mass is 9.85. The molecule has 1 spiro atoms. The number of piperidine rings is 1. The number of rotatable bonds is 3. The van der Waals surface area contributed by atoms with Crippen molar-refractivity contribution in [3.05, 3.63) is 11.9 Å². The van der Waals surface area contributed by atoms with Crippen molar-refractivity contribution in [1.82, 2.24) is 14.9 Å². The van der Waals surface area contributed by atoms with Crippen LogP contribution in [0.15, 0.2) is 11.3 Å². The first kappa shape index (κ1) is 16.2. The van der Waals surface area contributed by atoms with Crippen LogP contribution in [0.25, 0.3) is 0 Å². The first-order valence-corrected chi connectivity index (χ1v) is 8.89. The summed E-state index contributed by atoms with van der Waals surface area (Å²) in [6, 6.07) is 2.10. The van der Waals surface area contributed by atoms with Gasteiger partial charge in [-0.1, -0.05) is 6.42 Å². The lowest BCUT2D eigenvalue weighted by molar-refractivity contribution is -0.0775. The number of hydrogen-bond acceptors (Lipinski definition) is 8. The Balaban J connectivity index is 1.59. The van der Waals surface area contributed by atoms with E-state index in [2.05, 4.69) is 36.1 Å². The summed E-state index contributed by atoms with van der Waals surface area (Å²) in [6.45, 7) is 3.15. The predicted molar refractivity (Wildman–Crippen MR) is 94.2 cm³/mol. The smallest absolute Gasteiger partial charge is 0.141 e. The molecule has 2 fully saturated rings. The fourth-order valence-electron chi connectivity index (χ4n) is 4.44. The molecule has 132 valence electrons. The number of aromatic nitrogens is 2. The third-order valence-corrected chi connectivity index (χ3v) is 5.63. The van der Waals surface area contributed by atoms with Crippen molar-refractivity contribution in [2.75, 3.05) is 29.9 Å². The van der Waals surface area contributed by atoms with Crippen LogP contribution in [0, 0.1) is 11.3 Å². The Morgan fingerprint density at radius 2 is 2.24 bits per heavy atom. The fourth-order valence-corrected chi connectivity index (χ4v) is 4.44. The molecular formula is C17H23N7O. The maximum atomic E-state index is 10.5. The van der Waals surface area contributed by atoms with Gasteiger partial charge in [0.25, 0.3) is 0 Å². The highest BCUT2D eigenvalue weighted by Gasteiger charge is 2.47. The van der Waals surface area contributed by atoms with Crippen molar-refractivity contribution in [2.24, 2.45) is 4.99 Å². The van der Waals surface area contributed by atoms with Gasteiger partial charge in [0.15, 0.2) is 0 Å². The molecule has 1 aromatic heterocycles. The van der Waals surface area contributed by atoms with Gasteiger partial charge in [0.05, 0.1) is 30.9 Å². The molecule has 1 aromatic rings. The lowest BCUT2D eigenvalue weighted by Gasteiger charge is -2.46. The van der Waals surface area contributed by atoms with E-state index in [0.29, 0.717) is 6.54 Å². The third-order valence-electron chi connectivity index (χ3n) is 5.63. The van der Waals surface area contributed by atoms with Gasteiger partial charge < -0.3 is 15.3 Å². The Morgan fingerprint density at radius 3 is 3.12 bits per heavy atom. The molecule has 2 atom stereocenters. The maximum Gasteiger partial charge on any atom is 0.141 e. The van der Waals surface area contributed by atoms with E-state index in [9.17, 15) is 5.11 Å². The van der Waals surface area contributed by atoms with E-state index in [1.54, 1.807) is 12.7 Å². The molecular weight excluding hydrogens is 318 g/mol. The molecule has 0 saturated carbocycles. The summed E-state index contributed by atoms with van der Waals surface area (Å²) in [5, 5.41) is 22.5. The number of nitriles is 1. The van der Waals surface area contributed by atoms with Crippen LogP contribution in [0.5, 0.6) is 0 Å². The van der Waals surface area contributed by atoms with Crippen LogP contribution in [0.4, 0.5) is 11.6 Å². The first-order valence-electron chi connectivity index (χ1n) is 8.89. The van der Waals surface area contributed by atoms with E-state index >= 15 is 0 Å². The minimum absolute atomic E-state index is 0.0717. The van der Waals surface area contributed by atoms with E-state index in [1.165, 1.54) is 0 Å². The molecule has 2 N–H and O–H groups in total. The first-order chi connectivity index (χ1) is 12.2. The Bertz CT molecular complexity index is 715. The number of aliphatic imine (C=N–C) groups is 1. The molecule has 3 aliphatic rings. The standard InChI is InChI=1S/C17H23N7O/c18-6-3-14(25)24-7-2-1-4-17(24)5-8-23(10-17)16-13-9-19-11-20-15(13)21-12-22-16/h11-12,14,25H,1-5,7-10H2,(H,19,20,21,22). The summed E-state index contributed by atoms with van der Waals surface area (Å²) in [6.07, 6.45) is 7.00. The molecule has 8 nitrogen and oxygen atoms in total. The van der Waals surface area contributed by atoms with Crippen molar-refractivity contribution in [3.63, 3.8) is 0 Å². The topological polar surface area (TPSA) is 101 Å². The van der Waals surface area contributed by atoms with Crippen molar-refractivity contribution in [2.45, 2.75) is 50.4 Å². The lowest BCUT2D eigenvalue weighted by Crippen LogP contribution is -2.57. The largest absolute Gasteiger partial charge is 0.377 e. The predicted octanol–water partition coefficient (Wildman–Crippen LogP) is 1.10. The number of nitrogens with one attached hydrogen (secondary N) is 1. The highest BCUT2D eigenvalue weighted by Crippen LogP contribution is 2.40. The number of likely N-dealkylation sites (tertiary alicyclic amines) is 1. The minimum Gasteiger partial charge on any atom is -0.377 e. The molecule has 8 heteroatoms. The van der Waals surface area contributed by atoms with E-state index in [0.717, 1.165) is 62.5 Å². The van der Waals surface area contributed by atoms with Crippen molar-refractivity contribution in [3.8, 4) is 6.07 Å². The highest BCUT2D eigenvalue weighted by molar-refractivity contribution is 5.79. The maximum absolute atomic E-state index is 10.5. The van der Waals surface area contributed by atoms with Crippen LogP contribution in [-0.2, 0) is 6.54 Å². The summed E-state index contributed by atoms with van der Waals surface area (Å²) in [7, 11) is 0. The Labute approximate surface area is 147 Å². The van der Waals surface area contributed by atoms with Gasteiger partial charge in [-0.25, -0.2) is 9.97 Å². The number of hydrogen-bond donors (Lipinski definition) is 2. The normalized spacial score (nSPS) is 27.0. The molecule has 0 amide bonds. The molecule has 2 unspecified atom stereocenters. The summed E-state index contributed by atoms with van der Waals surface area (Å²) in [5.41, 5.74) is 0.958. The fraction of sp³-hybridized carbons (Fsp3) is 0.647. The molecule has 0 aromatic carbocycles. The van der Waals surface area contributed by atoms with Crippen LogP contribution in [0.3, 0.4) is 0 Å². The van der Waals surface area contributed by atoms with E-state index < -0.39 is 6.23 Å². The van der Waals surface area contributed by atoms with E-state index in [-0.39, 0.29) is 12.0 Å². The van der Waals surface area contributed by atoms with E-state index in [1.807, 2.05) is 0 Å². The zero-order valence-corrected chi connectivity index (χ0v) is 14.2. The summed E-state index contributed by atoms with van der Waals surface area (Å²) >= 11 is 0. The summed E-state index contributed by atoms with van der Waals surface area (Å²) < 4.78 is 0. The average Bonchev–Trinajstić information content (AvgIpc) is 3.06. The number of anilines is 2. The summed E-state index contributed by atoms with van der Waals surface area (Å²) in [4.78, 5) is 17.6. The second-order valence-corrected chi connectivity index (χ2v) is 7.03. The van der Waals surface area contributed by atoms with Gasteiger partial charge in [-0.2, -0.15) is 5.26 Å². The van der Waals surface area contributed by atoms with Gasteiger partial charge in [0.1, 0.15) is 24.2 Å². The summed E-state index contributed by atoms with van der Waals surface area (Å²) in [5.74, 6) is 1.76. The molecule has 3 aliphatic heterocycles. The van der Waals surface area contributed by atoms with Gasteiger partial charge in [0, 0.05) is 25.2 Å². The molecule has 0 aliphatic carbocycles. The molecule has 0 bridgehead atoms. The second kappa shape index (κ2) is 6.58. The van der Waals surface area contributed by atoms with Gasteiger partial charge in [0.2, 0.25) is 0 Å². The second-order valence-electron chi connectivity index (χ2n) is 7.03. The van der Waals surface area contributed by atoms with Crippen LogP contribution in [-0.4, -0.2) is 57.7 Å². The molecule has 2 saturated heterocycles. The van der Waals surface area contributed by atoms with Crippen molar-refractivity contribution in [1.29, 1.82) is 5.26 Å². The van der Waals surface area contributed by atoms with Crippen molar-refractivity contribution < 1.29 is 5.11 Å². The van der Waals surface area contributed by atoms with Gasteiger partial charge >= 0.3 is 0 Å². The molecule has 4 rings (SSSR count). The third kappa shape index (κ3) is 2.83.